The zero-order valence-electron chi connectivity index (χ0n) is 16.5. The van der Waals surface area contributed by atoms with Crippen LogP contribution >= 0.6 is 11.6 Å². The average Bonchev–Trinajstić information content (AvgIpc) is 2.71. The minimum atomic E-state index is -0.0194. The van der Waals surface area contributed by atoms with E-state index in [0.717, 1.165) is 28.1 Å². The normalized spacial score (nSPS) is 14.8. The van der Waals surface area contributed by atoms with Crippen molar-refractivity contribution in [2.45, 2.75) is 33.1 Å². The van der Waals surface area contributed by atoms with Gasteiger partial charge in [0.2, 0.25) is 5.91 Å². The molecule has 1 heterocycles. The zero-order valence-corrected chi connectivity index (χ0v) is 17.3. The Kier molecular flexibility index (Phi) is 6.74. The summed E-state index contributed by atoms with van der Waals surface area (Å²) < 4.78 is 0. The van der Waals surface area contributed by atoms with Gasteiger partial charge in [-0.2, -0.15) is 0 Å². The van der Waals surface area contributed by atoms with Crippen LogP contribution in [-0.4, -0.2) is 36.3 Å². The number of likely N-dealkylation sites (tertiary alicyclic amines) is 1. The Morgan fingerprint density at radius 2 is 1.71 bits per heavy atom. The number of benzene rings is 2. The molecule has 1 aliphatic heterocycles. The second-order valence-corrected chi connectivity index (χ2v) is 7.97. The van der Waals surface area contributed by atoms with Gasteiger partial charge in [0, 0.05) is 36.1 Å². The van der Waals surface area contributed by atoms with E-state index in [4.69, 9.17) is 11.6 Å². The Morgan fingerprint density at radius 1 is 1.04 bits per heavy atom. The number of amides is 2. The van der Waals surface area contributed by atoms with E-state index in [1.165, 1.54) is 5.56 Å². The van der Waals surface area contributed by atoms with Crippen LogP contribution in [0.2, 0.25) is 5.02 Å². The second-order valence-electron chi connectivity index (χ2n) is 7.53. The van der Waals surface area contributed by atoms with Crippen LogP contribution in [0.1, 0.15) is 39.9 Å². The summed E-state index contributed by atoms with van der Waals surface area (Å²) in [5.41, 5.74) is 4.19. The number of hydrogen-bond donors (Lipinski definition) is 1. The molecule has 0 bridgehead atoms. The summed E-state index contributed by atoms with van der Waals surface area (Å²) in [6, 6.07) is 13.5. The molecule has 0 unspecified atom stereocenters. The molecule has 0 saturated carbocycles. The van der Waals surface area contributed by atoms with Crippen LogP contribution in [0, 0.1) is 19.8 Å². The second kappa shape index (κ2) is 9.24. The van der Waals surface area contributed by atoms with E-state index in [1.54, 1.807) is 0 Å². The molecule has 0 aliphatic carbocycles. The molecule has 3 rings (SSSR count). The smallest absolute Gasteiger partial charge is 0.253 e. The number of carbonyl (C=O) groups is 2. The summed E-state index contributed by atoms with van der Waals surface area (Å²) in [4.78, 5) is 27.0. The van der Waals surface area contributed by atoms with Crippen LogP contribution in [0.25, 0.3) is 0 Å². The van der Waals surface area contributed by atoms with E-state index in [2.05, 4.69) is 5.32 Å². The average molecular weight is 399 g/mol. The third-order valence-electron chi connectivity index (χ3n) is 5.53. The maximum atomic E-state index is 12.7. The number of rotatable bonds is 5. The van der Waals surface area contributed by atoms with Gasteiger partial charge >= 0.3 is 0 Å². The fraction of sp³-hybridized carbons (Fsp3) is 0.391. The Hall–Kier alpha value is -2.33. The first-order chi connectivity index (χ1) is 13.4. The lowest BCUT2D eigenvalue weighted by Gasteiger charge is -2.31. The van der Waals surface area contributed by atoms with Gasteiger partial charge in [0.25, 0.3) is 5.91 Å². The highest BCUT2D eigenvalue weighted by Crippen LogP contribution is 2.20. The number of nitrogens with one attached hydrogen (secondary N) is 1. The van der Waals surface area contributed by atoms with Gasteiger partial charge in [0.15, 0.2) is 0 Å². The predicted molar refractivity (Wildman–Crippen MR) is 113 cm³/mol. The monoisotopic (exact) mass is 398 g/mol. The highest BCUT2D eigenvalue weighted by atomic mass is 35.5. The minimum Gasteiger partial charge on any atom is -0.356 e. The van der Waals surface area contributed by atoms with Crippen molar-refractivity contribution in [1.29, 1.82) is 0 Å². The molecule has 148 valence electrons. The third kappa shape index (κ3) is 5.14. The SMILES string of the molecule is Cc1ccc(C(=O)N2CCC(C(=O)NCCc3ccc(Cl)cc3)CC2)cc1C. The number of aryl methyl sites for hydroxylation is 2. The van der Waals surface area contributed by atoms with E-state index >= 15 is 0 Å². The van der Waals surface area contributed by atoms with E-state index < -0.39 is 0 Å². The summed E-state index contributed by atoms with van der Waals surface area (Å²) in [7, 11) is 0. The van der Waals surface area contributed by atoms with Crippen molar-refractivity contribution in [2.24, 2.45) is 5.92 Å². The molecular formula is C23H27ClN2O2. The Bertz CT molecular complexity index is 840. The maximum absolute atomic E-state index is 12.7. The molecule has 5 heteroatoms. The topological polar surface area (TPSA) is 49.4 Å². The summed E-state index contributed by atoms with van der Waals surface area (Å²) in [6.07, 6.45) is 2.21. The fourth-order valence-corrected chi connectivity index (χ4v) is 3.65. The molecule has 1 N–H and O–H groups in total. The molecule has 2 amide bonds. The van der Waals surface area contributed by atoms with Crippen LogP contribution in [-0.2, 0) is 11.2 Å². The van der Waals surface area contributed by atoms with Gasteiger partial charge in [0.1, 0.15) is 0 Å². The van der Waals surface area contributed by atoms with Gasteiger partial charge in [-0.25, -0.2) is 0 Å². The molecule has 2 aromatic carbocycles. The molecule has 2 aromatic rings. The number of piperidine rings is 1. The molecule has 0 aromatic heterocycles. The van der Waals surface area contributed by atoms with Gasteiger partial charge in [-0.05, 0) is 74.1 Å². The Balaban J connectivity index is 1.45. The fourth-order valence-electron chi connectivity index (χ4n) is 3.53. The van der Waals surface area contributed by atoms with Crippen LogP contribution in [0.3, 0.4) is 0 Å². The first-order valence-electron chi connectivity index (χ1n) is 9.82. The van der Waals surface area contributed by atoms with Gasteiger partial charge in [-0.1, -0.05) is 29.8 Å². The van der Waals surface area contributed by atoms with Gasteiger partial charge in [0.05, 0.1) is 0 Å². The molecule has 4 nitrogen and oxygen atoms in total. The van der Waals surface area contributed by atoms with Crippen LogP contribution in [0.4, 0.5) is 0 Å². The number of nitrogens with zero attached hydrogens (tertiary/aromatic N) is 1. The standard InChI is InChI=1S/C23H27ClN2O2/c1-16-3-6-20(15-17(16)2)23(28)26-13-10-19(11-14-26)22(27)25-12-9-18-4-7-21(24)8-5-18/h3-8,15,19H,9-14H2,1-2H3,(H,25,27). The van der Waals surface area contributed by atoms with Crippen molar-refractivity contribution >= 4 is 23.4 Å². The van der Waals surface area contributed by atoms with Crippen molar-refractivity contribution in [2.75, 3.05) is 19.6 Å². The van der Waals surface area contributed by atoms with Crippen molar-refractivity contribution in [3.63, 3.8) is 0 Å². The van der Waals surface area contributed by atoms with Crippen LogP contribution in [0.5, 0.6) is 0 Å². The summed E-state index contributed by atoms with van der Waals surface area (Å²) in [5, 5.41) is 3.75. The number of halogens is 1. The highest BCUT2D eigenvalue weighted by Gasteiger charge is 2.27. The number of hydrogen-bond acceptors (Lipinski definition) is 2. The molecular weight excluding hydrogens is 372 g/mol. The van der Waals surface area contributed by atoms with Gasteiger partial charge < -0.3 is 10.2 Å². The minimum absolute atomic E-state index is 0.0194. The summed E-state index contributed by atoms with van der Waals surface area (Å²) >= 11 is 5.89. The van der Waals surface area contributed by atoms with Crippen molar-refractivity contribution in [3.8, 4) is 0 Å². The highest BCUT2D eigenvalue weighted by molar-refractivity contribution is 6.30. The molecule has 1 saturated heterocycles. The predicted octanol–water partition coefficient (Wildman–Crippen LogP) is 4.17. The lowest BCUT2D eigenvalue weighted by Crippen LogP contribution is -2.43. The van der Waals surface area contributed by atoms with E-state index in [9.17, 15) is 9.59 Å². The Morgan fingerprint density at radius 3 is 2.36 bits per heavy atom. The summed E-state index contributed by atoms with van der Waals surface area (Å²) in [5.74, 6) is 0.131. The van der Waals surface area contributed by atoms with Crippen molar-refractivity contribution in [1.82, 2.24) is 10.2 Å². The zero-order chi connectivity index (χ0) is 20.1. The first-order valence-corrected chi connectivity index (χ1v) is 10.2. The number of carbonyl (C=O) groups excluding carboxylic acids is 2. The van der Waals surface area contributed by atoms with Crippen molar-refractivity contribution in [3.05, 3.63) is 69.7 Å². The molecule has 1 fully saturated rings. The molecule has 0 radical (unpaired) electrons. The van der Waals surface area contributed by atoms with Gasteiger partial charge in [-0.3, -0.25) is 9.59 Å². The van der Waals surface area contributed by atoms with E-state index in [-0.39, 0.29) is 17.7 Å². The largest absolute Gasteiger partial charge is 0.356 e. The lowest BCUT2D eigenvalue weighted by molar-refractivity contribution is -0.126. The molecule has 0 spiro atoms. The van der Waals surface area contributed by atoms with Crippen molar-refractivity contribution < 1.29 is 9.59 Å². The van der Waals surface area contributed by atoms with E-state index in [0.29, 0.717) is 32.5 Å². The lowest BCUT2D eigenvalue weighted by atomic mass is 9.95. The molecule has 28 heavy (non-hydrogen) atoms. The molecule has 0 atom stereocenters. The first kappa shape index (κ1) is 20.4. The maximum Gasteiger partial charge on any atom is 0.253 e. The van der Waals surface area contributed by atoms with Crippen LogP contribution < -0.4 is 5.32 Å². The summed E-state index contributed by atoms with van der Waals surface area (Å²) in [6.45, 7) is 5.93. The van der Waals surface area contributed by atoms with Gasteiger partial charge in [-0.15, -0.1) is 0 Å². The van der Waals surface area contributed by atoms with Crippen LogP contribution in [0.15, 0.2) is 42.5 Å². The quantitative estimate of drug-likeness (QED) is 0.821. The Labute approximate surface area is 171 Å². The third-order valence-corrected chi connectivity index (χ3v) is 5.78. The van der Waals surface area contributed by atoms with E-state index in [1.807, 2.05) is 61.2 Å². The molecule has 1 aliphatic rings.